The van der Waals surface area contributed by atoms with E-state index in [0.717, 1.165) is 6.42 Å². The Hall–Kier alpha value is -0.830. The normalized spacial score (nSPS) is 19.1. The first-order valence-electron chi connectivity index (χ1n) is 6.72. The van der Waals surface area contributed by atoms with Crippen LogP contribution >= 0.6 is 0 Å². The van der Waals surface area contributed by atoms with Gasteiger partial charge in [-0.3, -0.25) is 4.90 Å². The third-order valence-electron chi connectivity index (χ3n) is 3.30. The molecular weight excluding hydrogens is 214 g/mol. The molecular formula is C14H25NO2. The summed E-state index contributed by atoms with van der Waals surface area (Å²) in [5.74, 6) is 0.399. The maximum absolute atomic E-state index is 11.2. The fourth-order valence-electron chi connectivity index (χ4n) is 2.41. The minimum atomic E-state index is -0.226. The number of esters is 1. The number of ether oxygens (including phenoxy) is 1. The number of carbonyl (C=O) groups excluding carboxylic acids is 1. The highest BCUT2D eigenvalue weighted by Crippen LogP contribution is 2.20. The van der Waals surface area contributed by atoms with Gasteiger partial charge in [0.25, 0.3) is 0 Å². The molecule has 0 saturated carbocycles. The van der Waals surface area contributed by atoms with Gasteiger partial charge in [-0.1, -0.05) is 19.9 Å². The third-order valence-corrected chi connectivity index (χ3v) is 3.30. The van der Waals surface area contributed by atoms with Crippen LogP contribution in [-0.2, 0) is 9.53 Å². The lowest BCUT2D eigenvalue weighted by Gasteiger charge is -2.29. The summed E-state index contributed by atoms with van der Waals surface area (Å²) in [5, 5.41) is 0. The second kappa shape index (κ2) is 7.49. The average molecular weight is 239 g/mol. The summed E-state index contributed by atoms with van der Waals surface area (Å²) in [6, 6.07) is 0.558. The van der Waals surface area contributed by atoms with E-state index in [4.69, 9.17) is 4.74 Å². The second-order valence-electron chi connectivity index (χ2n) is 4.94. The lowest BCUT2D eigenvalue weighted by molar-refractivity contribution is -0.137. The van der Waals surface area contributed by atoms with E-state index in [1.807, 2.05) is 13.0 Å². The molecule has 1 aliphatic rings. The van der Waals surface area contributed by atoms with Crippen molar-refractivity contribution in [2.45, 2.75) is 46.1 Å². The molecule has 0 radical (unpaired) electrons. The molecule has 1 atom stereocenters. The second-order valence-corrected chi connectivity index (χ2v) is 4.94. The Morgan fingerprint density at radius 3 is 2.53 bits per heavy atom. The van der Waals surface area contributed by atoms with Crippen LogP contribution in [0.3, 0.4) is 0 Å². The molecule has 98 valence electrons. The predicted molar refractivity (Wildman–Crippen MR) is 69.8 cm³/mol. The lowest BCUT2D eigenvalue weighted by Crippen LogP contribution is -2.36. The van der Waals surface area contributed by atoms with Crippen molar-refractivity contribution in [1.29, 1.82) is 0 Å². The van der Waals surface area contributed by atoms with Gasteiger partial charge in [-0.25, -0.2) is 4.79 Å². The first-order chi connectivity index (χ1) is 8.15. The van der Waals surface area contributed by atoms with Gasteiger partial charge in [-0.2, -0.15) is 0 Å². The minimum absolute atomic E-state index is 0.226. The van der Waals surface area contributed by atoms with Crippen LogP contribution in [0.2, 0.25) is 0 Å². The quantitative estimate of drug-likeness (QED) is 0.527. The number of hydrogen-bond donors (Lipinski definition) is 0. The number of nitrogens with zero attached hydrogens (tertiary/aromatic N) is 1. The molecule has 3 heteroatoms. The maximum Gasteiger partial charge on any atom is 0.330 e. The summed E-state index contributed by atoms with van der Waals surface area (Å²) in [7, 11) is 0. The van der Waals surface area contributed by atoms with Crippen LogP contribution < -0.4 is 0 Å². The van der Waals surface area contributed by atoms with Gasteiger partial charge in [-0.15, -0.1) is 0 Å². The van der Waals surface area contributed by atoms with Crippen LogP contribution in [0.5, 0.6) is 0 Å². The van der Waals surface area contributed by atoms with Crippen molar-refractivity contribution in [3.05, 3.63) is 12.2 Å². The van der Waals surface area contributed by atoms with Gasteiger partial charge < -0.3 is 4.74 Å². The van der Waals surface area contributed by atoms with Crippen molar-refractivity contribution in [1.82, 2.24) is 4.90 Å². The van der Waals surface area contributed by atoms with Gasteiger partial charge in [0.1, 0.15) is 0 Å². The third kappa shape index (κ3) is 4.90. The zero-order chi connectivity index (χ0) is 12.7. The van der Waals surface area contributed by atoms with E-state index >= 15 is 0 Å². The highest BCUT2D eigenvalue weighted by Gasteiger charge is 2.23. The summed E-state index contributed by atoms with van der Waals surface area (Å²) >= 11 is 0. The van der Waals surface area contributed by atoms with Crippen molar-refractivity contribution in [3.63, 3.8) is 0 Å². The Labute approximate surface area is 105 Å². The molecule has 0 amide bonds. The van der Waals surface area contributed by atoms with Gasteiger partial charge >= 0.3 is 5.97 Å². The Morgan fingerprint density at radius 2 is 2.00 bits per heavy atom. The van der Waals surface area contributed by atoms with E-state index in [2.05, 4.69) is 18.7 Å². The van der Waals surface area contributed by atoms with Crippen LogP contribution in [0.1, 0.15) is 40.0 Å². The molecule has 0 N–H and O–H groups in total. The van der Waals surface area contributed by atoms with E-state index in [-0.39, 0.29) is 5.97 Å². The molecule has 1 fully saturated rings. The van der Waals surface area contributed by atoms with Gasteiger partial charge in [0.05, 0.1) is 6.61 Å². The summed E-state index contributed by atoms with van der Waals surface area (Å²) in [5.41, 5.74) is 0. The minimum Gasteiger partial charge on any atom is -0.463 e. The molecule has 1 heterocycles. The zero-order valence-corrected chi connectivity index (χ0v) is 11.3. The topological polar surface area (TPSA) is 29.5 Å². The van der Waals surface area contributed by atoms with Crippen LogP contribution in [0.4, 0.5) is 0 Å². The number of carbonyl (C=O) groups is 1. The molecule has 0 aliphatic carbocycles. The molecule has 0 bridgehead atoms. The number of hydrogen-bond acceptors (Lipinski definition) is 3. The summed E-state index contributed by atoms with van der Waals surface area (Å²) in [6.45, 7) is 9.18. The van der Waals surface area contributed by atoms with Gasteiger partial charge in [0.2, 0.25) is 0 Å². The van der Waals surface area contributed by atoms with E-state index in [1.54, 1.807) is 6.08 Å². The van der Waals surface area contributed by atoms with Gasteiger partial charge in [0.15, 0.2) is 0 Å². The Balaban J connectivity index is 2.41. The molecule has 1 saturated heterocycles. The molecule has 1 aliphatic heterocycles. The van der Waals surface area contributed by atoms with Crippen molar-refractivity contribution < 1.29 is 9.53 Å². The maximum atomic E-state index is 11.2. The highest BCUT2D eigenvalue weighted by molar-refractivity contribution is 5.81. The largest absolute Gasteiger partial charge is 0.463 e. The van der Waals surface area contributed by atoms with E-state index in [1.165, 1.54) is 25.9 Å². The molecule has 0 spiro atoms. The molecule has 1 unspecified atom stereocenters. The predicted octanol–water partition coefficient (Wildman–Crippen LogP) is 2.62. The Morgan fingerprint density at radius 1 is 1.35 bits per heavy atom. The highest BCUT2D eigenvalue weighted by atomic mass is 16.5. The Bertz CT molecular complexity index is 255. The van der Waals surface area contributed by atoms with Crippen molar-refractivity contribution in [2.24, 2.45) is 5.92 Å². The Kier molecular flexibility index (Phi) is 6.27. The summed E-state index contributed by atoms with van der Waals surface area (Å²) < 4.78 is 4.87. The van der Waals surface area contributed by atoms with Crippen LogP contribution in [-0.4, -0.2) is 36.6 Å². The SMILES string of the molecule is CCOC(=O)/C=C/CC(C(C)C)N1CCCC1. The first-order valence-corrected chi connectivity index (χ1v) is 6.72. The van der Waals surface area contributed by atoms with Crippen LogP contribution in [0, 0.1) is 5.92 Å². The average Bonchev–Trinajstić information content (AvgIpc) is 2.77. The molecule has 0 aromatic rings. The first kappa shape index (κ1) is 14.2. The van der Waals surface area contributed by atoms with Crippen molar-refractivity contribution >= 4 is 5.97 Å². The smallest absolute Gasteiger partial charge is 0.330 e. The van der Waals surface area contributed by atoms with Crippen molar-refractivity contribution in [3.8, 4) is 0 Å². The molecule has 17 heavy (non-hydrogen) atoms. The molecule has 0 aromatic carbocycles. The van der Waals surface area contributed by atoms with E-state index < -0.39 is 0 Å². The van der Waals surface area contributed by atoms with Crippen LogP contribution in [0.25, 0.3) is 0 Å². The lowest BCUT2D eigenvalue weighted by atomic mass is 9.99. The monoisotopic (exact) mass is 239 g/mol. The summed E-state index contributed by atoms with van der Waals surface area (Å²) in [4.78, 5) is 13.7. The zero-order valence-electron chi connectivity index (χ0n) is 11.3. The standard InChI is InChI=1S/C14H25NO2/c1-4-17-14(16)9-7-8-13(12(2)3)15-10-5-6-11-15/h7,9,12-13H,4-6,8,10-11H2,1-3H3/b9-7+. The fraction of sp³-hybridized carbons (Fsp3) is 0.786. The van der Waals surface area contributed by atoms with E-state index in [0.29, 0.717) is 18.6 Å². The molecule has 3 nitrogen and oxygen atoms in total. The fourth-order valence-corrected chi connectivity index (χ4v) is 2.41. The summed E-state index contributed by atoms with van der Waals surface area (Å²) in [6.07, 6.45) is 7.09. The van der Waals surface area contributed by atoms with Crippen molar-refractivity contribution in [2.75, 3.05) is 19.7 Å². The van der Waals surface area contributed by atoms with Gasteiger partial charge in [-0.05, 0) is 45.2 Å². The number of rotatable bonds is 6. The van der Waals surface area contributed by atoms with E-state index in [9.17, 15) is 4.79 Å². The number of likely N-dealkylation sites (tertiary alicyclic amines) is 1. The van der Waals surface area contributed by atoms with Gasteiger partial charge in [0, 0.05) is 12.1 Å². The molecule has 1 rings (SSSR count). The molecule has 0 aromatic heterocycles. The van der Waals surface area contributed by atoms with Crippen LogP contribution in [0.15, 0.2) is 12.2 Å².